The minimum Gasteiger partial charge on any atom is -0.491 e. The van der Waals surface area contributed by atoms with E-state index in [1.807, 2.05) is 0 Å². The summed E-state index contributed by atoms with van der Waals surface area (Å²) >= 11 is 0. The van der Waals surface area contributed by atoms with Gasteiger partial charge in [0.25, 0.3) is 0 Å². The van der Waals surface area contributed by atoms with E-state index in [0.717, 1.165) is 6.26 Å². The van der Waals surface area contributed by atoms with Gasteiger partial charge >= 0.3 is 0 Å². The smallest absolute Gasteiger partial charge is 0.245 e. The van der Waals surface area contributed by atoms with Gasteiger partial charge in [0.2, 0.25) is 5.91 Å². The van der Waals surface area contributed by atoms with Crippen molar-refractivity contribution in [2.24, 2.45) is 0 Å². The van der Waals surface area contributed by atoms with E-state index in [-0.39, 0.29) is 31.9 Å². The van der Waals surface area contributed by atoms with Gasteiger partial charge in [-0.25, -0.2) is 12.8 Å². The van der Waals surface area contributed by atoms with Crippen LogP contribution in [0.5, 0.6) is 5.75 Å². The minimum absolute atomic E-state index is 0. The summed E-state index contributed by atoms with van der Waals surface area (Å²) in [6.45, 7) is 0.261. The molecular weight excluding hydrogens is 359 g/mol. The van der Waals surface area contributed by atoms with Crippen LogP contribution in [0.2, 0.25) is 0 Å². The maximum Gasteiger partial charge on any atom is 0.245 e. The topological polar surface area (TPSA) is 84.5 Å². The molecule has 2 rings (SSSR count). The molecule has 0 aromatic heterocycles. The Balaban J connectivity index is 0.00000288. The quantitative estimate of drug-likeness (QED) is 0.782. The number of carbonyl (C=O) groups is 1. The molecule has 0 radical (unpaired) electrons. The molecule has 0 unspecified atom stereocenters. The van der Waals surface area contributed by atoms with Crippen LogP contribution < -0.4 is 15.4 Å². The van der Waals surface area contributed by atoms with E-state index in [1.54, 1.807) is 24.3 Å². The first-order chi connectivity index (χ1) is 10.9. The molecule has 2 N–H and O–H groups in total. The molecule has 6 nitrogen and oxygen atoms in total. The second-order valence-electron chi connectivity index (χ2n) is 5.54. The molecule has 1 fully saturated rings. The van der Waals surface area contributed by atoms with Gasteiger partial charge in [-0.15, -0.1) is 12.4 Å². The summed E-state index contributed by atoms with van der Waals surface area (Å²) in [5.74, 6) is -0.122. The van der Waals surface area contributed by atoms with E-state index in [2.05, 4.69) is 10.6 Å². The zero-order valence-corrected chi connectivity index (χ0v) is 15.0. The maximum atomic E-state index is 12.6. The lowest BCUT2D eigenvalue weighted by Crippen LogP contribution is -2.55. The van der Waals surface area contributed by atoms with E-state index in [9.17, 15) is 17.6 Å². The molecule has 1 aromatic carbocycles. The molecule has 0 atom stereocenters. The van der Waals surface area contributed by atoms with Crippen molar-refractivity contribution in [1.29, 1.82) is 0 Å². The van der Waals surface area contributed by atoms with Crippen molar-refractivity contribution in [1.82, 2.24) is 5.32 Å². The Kier molecular flexibility index (Phi) is 7.44. The van der Waals surface area contributed by atoms with Crippen molar-refractivity contribution in [2.45, 2.75) is 17.6 Å². The summed E-state index contributed by atoms with van der Waals surface area (Å²) in [4.78, 5) is 12.6. The Morgan fingerprint density at radius 1 is 1.38 bits per heavy atom. The monoisotopic (exact) mass is 380 g/mol. The number of ether oxygens (including phenoxy) is 1. The van der Waals surface area contributed by atoms with Crippen LogP contribution in [0.1, 0.15) is 12.8 Å². The molecule has 136 valence electrons. The number of benzene rings is 1. The van der Waals surface area contributed by atoms with Gasteiger partial charge < -0.3 is 15.4 Å². The Labute approximate surface area is 147 Å². The molecule has 0 bridgehead atoms. The fourth-order valence-corrected chi connectivity index (χ4v) is 4.00. The van der Waals surface area contributed by atoms with Crippen LogP contribution in [0, 0.1) is 0 Å². The van der Waals surface area contributed by atoms with Crippen LogP contribution in [-0.2, 0) is 14.6 Å². The van der Waals surface area contributed by atoms with Gasteiger partial charge in [-0.1, -0.05) is 6.07 Å². The molecule has 1 aliphatic rings. The van der Waals surface area contributed by atoms with Gasteiger partial charge in [0.05, 0.1) is 0 Å². The van der Waals surface area contributed by atoms with E-state index >= 15 is 0 Å². The number of nitrogens with one attached hydrogen (secondary N) is 2. The van der Waals surface area contributed by atoms with Gasteiger partial charge in [0, 0.05) is 18.0 Å². The van der Waals surface area contributed by atoms with E-state index in [0.29, 0.717) is 24.5 Å². The number of sulfone groups is 1. The summed E-state index contributed by atoms with van der Waals surface area (Å²) in [6, 6.07) is 6.47. The number of piperidine rings is 1. The summed E-state index contributed by atoms with van der Waals surface area (Å²) in [5, 5.41) is 5.72. The SMILES string of the molecule is CS(=O)(=O)C1(C(=O)Nc2cccc(OCCF)c2)CCNCC1.Cl. The zero-order chi connectivity index (χ0) is 16.9. The second-order valence-corrected chi connectivity index (χ2v) is 7.86. The van der Waals surface area contributed by atoms with Crippen LogP contribution in [0.4, 0.5) is 10.1 Å². The molecule has 1 amide bonds. The third-order valence-corrected chi connectivity index (χ3v) is 5.99. The average molecular weight is 381 g/mol. The lowest BCUT2D eigenvalue weighted by atomic mass is 9.95. The summed E-state index contributed by atoms with van der Waals surface area (Å²) < 4.78 is 40.3. The van der Waals surface area contributed by atoms with Gasteiger partial charge in [-0.2, -0.15) is 0 Å². The molecule has 1 saturated heterocycles. The fourth-order valence-electron chi connectivity index (χ4n) is 2.66. The highest BCUT2D eigenvalue weighted by molar-refractivity contribution is 7.92. The second kappa shape index (κ2) is 8.64. The van der Waals surface area contributed by atoms with E-state index in [1.165, 1.54) is 0 Å². The Hall–Kier alpha value is -1.38. The normalized spacial score (nSPS) is 16.8. The molecule has 1 aromatic rings. The molecular formula is C15H22ClFN2O4S. The average Bonchev–Trinajstić information content (AvgIpc) is 2.53. The van der Waals surface area contributed by atoms with Gasteiger partial charge in [0.1, 0.15) is 19.0 Å². The third kappa shape index (κ3) is 4.58. The lowest BCUT2D eigenvalue weighted by Gasteiger charge is -2.34. The highest BCUT2D eigenvalue weighted by Crippen LogP contribution is 2.30. The van der Waals surface area contributed by atoms with Crippen LogP contribution >= 0.6 is 12.4 Å². The van der Waals surface area contributed by atoms with Crippen LogP contribution in [0.15, 0.2) is 24.3 Å². The third-order valence-electron chi connectivity index (χ3n) is 3.97. The molecule has 0 aliphatic carbocycles. The van der Waals surface area contributed by atoms with Crippen molar-refractivity contribution in [3.05, 3.63) is 24.3 Å². The minimum atomic E-state index is -3.56. The molecule has 9 heteroatoms. The Morgan fingerprint density at radius 2 is 2.04 bits per heavy atom. The predicted molar refractivity (Wildman–Crippen MR) is 93.5 cm³/mol. The number of amides is 1. The molecule has 24 heavy (non-hydrogen) atoms. The summed E-state index contributed by atoms with van der Waals surface area (Å²) in [6.07, 6.45) is 1.56. The lowest BCUT2D eigenvalue weighted by molar-refractivity contribution is -0.119. The van der Waals surface area contributed by atoms with Gasteiger partial charge in [-0.3, -0.25) is 4.79 Å². The number of hydrogen-bond donors (Lipinski definition) is 2. The number of alkyl halides is 1. The molecule has 0 saturated carbocycles. The largest absolute Gasteiger partial charge is 0.491 e. The van der Waals surface area contributed by atoms with Crippen LogP contribution in [0.25, 0.3) is 0 Å². The Bertz CT molecular complexity index is 663. The molecule has 1 heterocycles. The fraction of sp³-hybridized carbons (Fsp3) is 0.533. The van der Waals surface area contributed by atoms with Gasteiger partial charge in [0.15, 0.2) is 14.6 Å². The van der Waals surface area contributed by atoms with Crippen molar-refractivity contribution < 1.29 is 22.3 Å². The van der Waals surface area contributed by atoms with Crippen molar-refractivity contribution in [3.8, 4) is 5.75 Å². The number of halogens is 2. The number of anilines is 1. The zero-order valence-electron chi connectivity index (χ0n) is 13.4. The maximum absolute atomic E-state index is 12.6. The molecule has 1 aliphatic heterocycles. The van der Waals surface area contributed by atoms with Crippen molar-refractivity contribution in [3.63, 3.8) is 0 Å². The summed E-state index contributed by atoms with van der Waals surface area (Å²) in [7, 11) is -3.56. The Morgan fingerprint density at radius 3 is 2.62 bits per heavy atom. The van der Waals surface area contributed by atoms with E-state index in [4.69, 9.17) is 4.74 Å². The van der Waals surface area contributed by atoms with Crippen LogP contribution in [0.3, 0.4) is 0 Å². The highest BCUT2D eigenvalue weighted by atomic mass is 35.5. The predicted octanol–water partition coefficient (Wildman–Crippen LogP) is 1.56. The van der Waals surface area contributed by atoms with Gasteiger partial charge in [-0.05, 0) is 38.1 Å². The highest BCUT2D eigenvalue weighted by Gasteiger charge is 2.48. The van der Waals surface area contributed by atoms with E-state index < -0.39 is 27.2 Å². The molecule has 0 spiro atoms. The van der Waals surface area contributed by atoms with Crippen LogP contribution in [-0.4, -0.2) is 51.7 Å². The number of hydrogen-bond acceptors (Lipinski definition) is 5. The first kappa shape index (κ1) is 20.7. The standard InChI is InChI=1S/C15H21FN2O4S.ClH/c1-23(20,21)15(5-8-17-9-6-15)14(19)18-12-3-2-4-13(11-12)22-10-7-16;/h2-4,11,17H,5-10H2,1H3,(H,18,19);1H. The number of carbonyl (C=O) groups excluding carboxylic acids is 1. The first-order valence-electron chi connectivity index (χ1n) is 7.40. The summed E-state index contributed by atoms with van der Waals surface area (Å²) in [5.41, 5.74) is 0.424. The van der Waals surface area contributed by atoms with Crippen molar-refractivity contribution >= 4 is 33.8 Å². The number of rotatable bonds is 6. The van der Waals surface area contributed by atoms with Crippen molar-refractivity contribution in [2.75, 3.05) is 37.9 Å². The first-order valence-corrected chi connectivity index (χ1v) is 9.29.